The van der Waals surface area contributed by atoms with E-state index in [1.54, 1.807) is 24.9 Å². The molecule has 2 aromatic heterocycles. The number of hydrogen-bond acceptors (Lipinski definition) is 5. The number of aryl methyl sites for hydroxylation is 1. The van der Waals surface area contributed by atoms with E-state index >= 15 is 0 Å². The molecule has 1 amide bonds. The molecule has 0 radical (unpaired) electrons. The molecule has 1 atom stereocenters. The molecule has 22 heavy (non-hydrogen) atoms. The van der Waals surface area contributed by atoms with E-state index < -0.39 is 0 Å². The second-order valence-corrected chi connectivity index (χ2v) is 5.37. The lowest BCUT2D eigenvalue weighted by molar-refractivity contribution is -0.132. The maximum atomic E-state index is 12.5. The van der Waals surface area contributed by atoms with Crippen molar-refractivity contribution in [1.29, 1.82) is 0 Å². The van der Waals surface area contributed by atoms with Crippen LogP contribution in [0.1, 0.15) is 31.0 Å². The van der Waals surface area contributed by atoms with Crippen LogP contribution < -0.4 is 5.32 Å². The van der Waals surface area contributed by atoms with Gasteiger partial charge in [0.1, 0.15) is 5.82 Å². The third kappa shape index (κ3) is 3.08. The number of rotatable bonds is 5. The molecule has 1 N–H and O–H groups in total. The average molecular weight is 300 g/mol. The van der Waals surface area contributed by atoms with E-state index in [-0.39, 0.29) is 11.9 Å². The second-order valence-electron chi connectivity index (χ2n) is 5.37. The number of carbonyl (C=O) groups is 1. The number of likely N-dealkylation sites (tertiary alicyclic amines) is 1. The van der Waals surface area contributed by atoms with Gasteiger partial charge in [-0.3, -0.25) is 9.78 Å². The van der Waals surface area contributed by atoms with Gasteiger partial charge >= 0.3 is 0 Å². The number of carbonyl (C=O) groups excluding carboxylic acids is 1. The van der Waals surface area contributed by atoms with Crippen molar-refractivity contribution in [2.24, 2.45) is 0 Å². The number of amides is 1. The van der Waals surface area contributed by atoms with Crippen LogP contribution in [-0.2, 0) is 11.3 Å². The van der Waals surface area contributed by atoms with Gasteiger partial charge in [0, 0.05) is 39.0 Å². The molecular weight excluding hydrogens is 280 g/mol. The maximum absolute atomic E-state index is 12.5. The van der Waals surface area contributed by atoms with Crippen LogP contribution in [0, 0.1) is 0 Å². The molecule has 1 aliphatic heterocycles. The standard InChI is InChI=1S/C15H20N6O/c1-16-14-10-18-9-12(19-14)13-3-2-6-21(13)15(22)4-7-20-8-5-17-11-20/h5,8-11,13H,2-4,6-7H2,1H3,(H,16,19). The van der Waals surface area contributed by atoms with Gasteiger partial charge in [-0.25, -0.2) is 9.97 Å². The Kier molecular flexibility index (Phi) is 4.32. The Labute approximate surface area is 129 Å². The van der Waals surface area contributed by atoms with E-state index in [2.05, 4.69) is 20.3 Å². The van der Waals surface area contributed by atoms with Crippen LogP contribution in [0.2, 0.25) is 0 Å². The first kappa shape index (κ1) is 14.5. The van der Waals surface area contributed by atoms with E-state index in [1.165, 1.54) is 0 Å². The molecule has 7 nitrogen and oxygen atoms in total. The van der Waals surface area contributed by atoms with Crippen molar-refractivity contribution in [3.8, 4) is 0 Å². The van der Waals surface area contributed by atoms with Gasteiger partial charge in [0.05, 0.1) is 30.5 Å². The lowest BCUT2D eigenvalue weighted by Crippen LogP contribution is -2.31. The molecule has 1 unspecified atom stereocenters. The highest BCUT2D eigenvalue weighted by Gasteiger charge is 2.30. The largest absolute Gasteiger partial charge is 0.372 e. The highest BCUT2D eigenvalue weighted by Crippen LogP contribution is 2.31. The lowest BCUT2D eigenvalue weighted by Gasteiger charge is -2.24. The van der Waals surface area contributed by atoms with E-state index in [9.17, 15) is 4.79 Å². The highest BCUT2D eigenvalue weighted by atomic mass is 16.2. The van der Waals surface area contributed by atoms with Crippen LogP contribution >= 0.6 is 0 Å². The fourth-order valence-electron chi connectivity index (χ4n) is 2.82. The number of nitrogens with one attached hydrogen (secondary N) is 1. The molecule has 0 aliphatic carbocycles. The number of imidazole rings is 1. The minimum atomic E-state index is 0.0380. The molecule has 0 bridgehead atoms. The van der Waals surface area contributed by atoms with E-state index in [0.717, 1.165) is 30.9 Å². The third-order valence-corrected chi connectivity index (χ3v) is 3.97. The van der Waals surface area contributed by atoms with Gasteiger partial charge < -0.3 is 14.8 Å². The summed E-state index contributed by atoms with van der Waals surface area (Å²) in [4.78, 5) is 27.2. The van der Waals surface area contributed by atoms with E-state index in [1.807, 2.05) is 22.7 Å². The van der Waals surface area contributed by atoms with Crippen molar-refractivity contribution < 1.29 is 4.79 Å². The Hall–Kier alpha value is -2.44. The first-order valence-corrected chi connectivity index (χ1v) is 7.53. The monoisotopic (exact) mass is 300 g/mol. The van der Waals surface area contributed by atoms with E-state index in [0.29, 0.717) is 13.0 Å². The fourth-order valence-corrected chi connectivity index (χ4v) is 2.82. The van der Waals surface area contributed by atoms with Crippen LogP contribution in [-0.4, -0.2) is 43.9 Å². The van der Waals surface area contributed by atoms with Gasteiger partial charge in [0.25, 0.3) is 0 Å². The third-order valence-electron chi connectivity index (χ3n) is 3.97. The van der Waals surface area contributed by atoms with Crippen molar-refractivity contribution in [1.82, 2.24) is 24.4 Å². The Morgan fingerprint density at radius 1 is 1.41 bits per heavy atom. The van der Waals surface area contributed by atoms with Gasteiger partial charge in [-0.2, -0.15) is 0 Å². The first-order chi connectivity index (χ1) is 10.8. The fraction of sp³-hybridized carbons (Fsp3) is 0.467. The first-order valence-electron chi connectivity index (χ1n) is 7.53. The average Bonchev–Trinajstić information content (AvgIpc) is 3.24. The SMILES string of the molecule is CNc1cncc(C2CCCN2C(=O)CCn2ccnc2)n1. The molecule has 1 saturated heterocycles. The summed E-state index contributed by atoms with van der Waals surface area (Å²) in [5.41, 5.74) is 0.861. The Bertz CT molecular complexity index is 627. The maximum Gasteiger partial charge on any atom is 0.224 e. The number of hydrogen-bond donors (Lipinski definition) is 1. The van der Waals surface area contributed by atoms with Gasteiger partial charge in [-0.1, -0.05) is 0 Å². The van der Waals surface area contributed by atoms with Crippen molar-refractivity contribution in [3.05, 3.63) is 36.8 Å². The van der Waals surface area contributed by atoms with Crippen LogP contribution in [0.15, 0.2) is 31.1 Å². The van der Waals surface area contributed by atoms with Crippen molar-refractivity contribution in [2.45, 2.75) is 31.8 Å². The molecular formula is C15H20N6O. The Morgan fingerprint density at radius 2 is 2.32 bits per heavy atom. The minimum Gasteiger partial charge on any atom is -0.372 e. The second kappa shape index (κ2) is 6.55. The molecule has 3 rings (SSSR count). The zero-order chi connectivity index (χ0) is 15.4. The Morgan fingerprint density at radius 3 is 3.09 bits per heavy atom. The Balaban J connectivity index is 1.68. The minimum absolute atomic E-state index is 0.0380. The summed E-state index contributed by atoms with van der Waals surface area (Å²) in [7, 11) is 1.82. The number of aromatic nitrogens is 4. The van der Waals surface area contributed by atoms with Crippen LogP contribution in [0.3, 0.4) is 0 Å². The summed E-state index contributed by atoms with van der Waals surface area (Å²) in [6.45, 7) is 1.45. The van der Waals surface area contributed by atoms with Crippen LogP contribution in [0.4, 0.5) is 5.82 Å². The zero-order valence-electron chi connectivity index (χ0n) is 12.6. The molecule has 0 spiro atoms. The topological polar surface area (TPSA) is 75.9 Å². The summed E-state index contributed by atoms with van der Waals surface area (Å²) < 4.78 is 1.92. The molecule has 116 valence electrons. The van der Waals surface area contributed by atoms with Gasteiger partial charge in [-0.05, 0) is 12.8 Å². The van der Waals surface area contributed by atoms with Gasteiger partial charge in [0.2, 0.25) is 5.91 Å². The molecule has 0 saturated carbocycles. The molecule has 0 aromatic carbocycles. The summed E-state index contributed by atoms with van der Waals surface area (Å²) in [5, 5.41) is 2.99. The quantitative estimate of drug-likeness (QED) is 0.905. The highest BCUT2D eigenvalue weighted by molar-refractivity contribution is 5.77. The van der Waals surface area contributed by atoms with Crippen molar-refractivity contribution in [2.75, 3.05) is 18.9 Å². The molecule has 1 fully saturated rings. The van der Waals surface area contributed by atoms with Crippen LogP contribution in [0.25, 0.3) is 0 Å². The number of anilines is 1. The van der Waals surface area contributed by atoms with Crippen LogP contribution in [0.5, 0.6) is 0 Å². The summed E-state index contributed by atoms with van der Waals surface area (Å²) >= 11 is 0. The van der Waals surface area contributed by atoms with Gasteiger partial charge in [-0.15, -0.1) is 0 Å². The summed E-state index contributed by atoms with van der Waals surface area (Å²) in [6.07, 6.45) is 11.2. The van der Waals surface area contributed by atoms with Crippen molar-refractivity contribution in [3.63, 3.8) is 0 Å². The normalized spacial score (nSPS) is 17.7. The zero-order valence-corrected chi connectivity index (χ0v) is 12.6. The van der Waals surface area contributed by atoms with Crippen molar-refractivity contribution >= 4 is 11.7 Å². The lowest BCUT2D eigenvalue weighted by atomic mass is 10.1. The molecule has 1 aliphatic rings. The smallest absolute Gasteiger partial charge is 0.224 e. The predicted octanol–water partition coefficient (Wildman–Crippen LogP) is 1.47. The molecule has 3 heterocycles. The number of nitrogens with zero attached hydrogens (tertiary/aromatic N) is 5. The van der Waals surface area contributed by atoms with E-state index in [4.69, 9.17) is 0 Å². The molecule has 7 heteroatoms. The molecule has 2 aromatic rings. The van der Waals surface area contributed by atoms with Gasteiger partial charge in [0.15, 0.2) is 0 Å². The summed E-state index contributed by atoms with van der Waals surface area (Å²) in [6, 6.07) is 0.0380. The predicted molar refractivity (Wildman–Crippen MR) is 82.1 cm³/mol. The summed E-state index contributed by atoms with van der Waals surface area (Å²) in [5.74, 6) is 0.892.